The van der Waals surface area contributed by atoms with E-state index in [-0.39, 0.29) is 12.9 Å². The highest BCUT2D eigenvalue weighted by atomic mass is 79.9. The van der Waals surface area contributed by atoms with Gasteiger partial charge in [0.05, 0.1) is 6.10 Å². The summed E-state index contributed by atoms with van der Waals surface area (Å²) in [5.74, 6) is 0.648. The molecule has 1 aliphatic rings. The van der Waals surface area contributed by atoms with Gasteiger partial charge in [0.15, 0.2) is 0 Å². The van der Waals surface area contributed by atoms with E-state index in [1.807, 2.05) is 6.07 Å². The molecule has 0 fully saturated rings. The number of carbonyl (C=O) groups is 1. The first-order chi connectivity index (χ1) is 9.17. The molecule has 0 bridgehead atoms. The summed E-state index contributed by atoms with van der Waals surface area (Å²) in [6.45, 7) is 2.40. The van der Waals surface area contributed by atoms with Crippen molar-refractivity contribution >= 4 is 22.2 Å². The number of methoxy groups -OCH3 is 1. The van der Waals surface area contributed by atoms with Crippen molar-refractivity contribution < 1.29 is 14.3 Å². The highest BCUT2D eigenvalue weighted by Crippen LogP contribution is 2.44. The Hall–Kier alpha value is -0.710. The monoisotopic (exact) mass is 326 g/mol. The fourth-order valence-corrected chi connectivity index (χ4v) is 3.21. The van der Waals surface area contributed by atoms with Gasteiger partial charge < -0.3 is 14.3 Å². The van der Waals surface area contributed by atoms with Gasteiger partial charge in [0, 0.05) is 18.0 Å². The van der Waals surface area contributed by atoms with E-state index >= 15 is 0 Å². The summed E-state index contributed by atoms with van der Waals surface area (Å²) in [4.78, 5) is 10.7. The number of rotatable bonds is 6. The molecule has 104 valence electrons. The molecule has 3 nitrogen and oxygen atoms in total. The molecule has 0 N–H and O–H groups in total. The van der Waals surface area contributed by atoms with Crippen LogP contribution in [-0.2, 0) is 20.7 Å². The van der Waals surface area contributed by atoms with E-state index in [1.165, 1.54) is 11.1 Å². The summed E-state index contributed by atoms with van der Waals surface area (Å²) in [5.41, 5.74) is 2.53. The molecule has 0 amide bonds. The molecule has 1 aromatic carbocycles. The van der Waals surface area contributed by atoms with Crippen LogP contribution in [0.4, 0.5) is 0 Å². The molecule has 0 spiro atoms. The van der Waals surface area contributed by atoms with Crippen molar-refractivity contribution in [3.8, 4) is 0 Å². The van der Waals surface area contributed by atoms with Crippen LogP contribution < -0.4 is 0 Å². The van der Waals surface area contributed by atoms with Gasteiger partial charge in [-0.25, -0.2) is 0 Å². The largest absolute Gasteiger partial charge is 0.359 e. The number of fused-ring (bicyclic) bond motifs is 1. The lowest BCUT2D eigenvalue weighted by Crippen LogP contribution is -2.20. The van der Waals surface area contributed by atoms with Crippen LogP contribution in [0.3, 0.4) is 0 Å². The third-order valence-corrected chi connectivity index (χ3v) is 4.31. The first kappa shape index (κ1) is 14.7. The predicted octanol–water partition coefficient (Wildman–Crippen LogP) is 3.51. The molecule has 3 atom stereocenters. The van der Waals surface area contributed by atoms with Crippen LogP contribution >= 0.6 is 15.9 Å². The zero-order valence-electron chi connectivity index (χ0n) is 11.3. The molecule has 0 saturated heterocycles. The van der Waals surface area contributed by atoms with Gasteiger partial charge in [-0.15, -0.1) is 0 Å². The zero-order valence-corrected chi connectivity index (χ0v) is 12.9. The van der Waals surface area contributed by atoms with E-state index in [4.69, 9.17) is 9.47 Å². The first-order valence-electron chi connectivity index (χ1n) is 6.50. The summed E-state index contributed by atoms with van der Waals surface area (Å²) in [6.07, 6.45) is 2.56. The number of hydrogen-bond acceptors (Lipinski definition) is 3. The molecule has 19 heavy (non-hydrogen) atoms. The fraction of sp³-hybridized carbons (Fsp3) is 0.533. The van der Waals surface area contributed by atoms with Gasteiger partial charge in [0.25, 0.3) is 0 Å². The summed E-state index contributed by atoms with van der Waals surface area (Å²) >= 11 is 3.50. The SMILES string of the molecule is COCOC1c2ccc(Br)cc2CC1C(C)CC=O. The van der Waals surface area contributed by atoms with Gasteiger partial charge in [-0.2, -0.15) is 0 Å². The second kappa shape index (κ2) is 6.64. The Morgan fingerprint density at radius 2 is 2.32 bits per heavy atom. The normalized spacial score (nSPS) is 23.1. The zero-order chi connectivity index (χ0) is 13.8. The van der Waals surface area contributed by atoms with E-state index < -0.39 is 0 Å². The minimum Gasteiger partial charge on any atom is -0.359 e. The van der Waals surface area contributed by atoms with Crippen LogP contribution in [0.1, 0.15) is 30.6 Å². The quantitative estimate of drug-likeness (QED) is 0.592. The van der Waals surface area contributed by atoms with Gasteiger partial charge in [0.1, 0.15) is 13.1 Å². The maximum atomic E-state index is 10.7. The van der Waals surface area contributed by atoms with Crippen LogP contribution in [-0.4, -0.2) is 20.2 Å². The number of aldehydes is 1. The molecule has 2 rings (SSSR count). The Morgan fingerprint density at radius 3 is 3.00 bits per heavy atom. The van der Waals surface area contributed by atoms with Crippen molar-refractivity contribution in [2.24, 2.45) is 11.8 Å². The summed E-state index contributed by atoms with van der Waals surface area (Å²) in [6, 6.07) is 6.29. The topological polar surface area (TPSA) is 35.5 Å². The van der Waals surface area contributed by atoms with Crippen molar-refractivity contribution in [2.45, 2.75) is 25.9 Å². The van der Waals surface area contributed by atoms with E-state index in [9.17, 15) is 4.79 Å². The lowest BCUT2D eigenvalue weighted by Gasteiger charge is -2.25. The predicted molar refractivity (Wildman–Crippen MR) is 76.9 cm³/mol. The average Bonchev–Trinajstić information content (AvgIpc) is 2.74. The summed E-state index contributed by atoms with van der Waals surface area (Å²) < 4.78 is 12.0. The molecule has 1 aliphatic carbocycles. The van der Waals surface area contributed by atoms with E-state index in [0.717, 1.165) is 17.2 Å². The van der Waals surface area contributed by atoms with Gasteiger partial charge in [0.2, 0.25) is 0 Å². The molecule has 3 unspecified atom stereocenters. The smallest absolute Gasteiger partial charge is 0.147 e. The third-order valence-electron chi connectivity index (χ3n) is 3.82. The lowest BCUT2D eigenvalue weighted by molar-refractivity contribution is -0.111. The van der Waals surface area contributed by atoms with Crippen molar-refractivity contribution in [1.82, 2.24) is 0 Å². The number of halogens is 1. The molecule has 0 heterocycles. The van der Waals surface area contributed by atoms with E-state index in [1.54, 1.807) is 7.11 Å². The first-order valence-corrected chi connectivity index (χ1v) is 7.29. The molecule has 0 aromatic heterocycles. The Morgan fingerprint density at radius 1 is 1.53 bits per heavy atom. The van der Waals surface area contributed by atoms with Gasteiger partial charge in [-0.1, -0.05) is 28.9 Å². The Bertz CT molecular complexity index is 447. The average molecular weight is 327 g/mol. The second-order valence-corrected chi connectivity index (χ2v) is 6.00. The maximum absolute atomic E-state index is 10.7. The molecule has 0 radical (unpaired) electrons. The minimum absolute atomic E-state index is 0.0259. The minimum atomic E-state index is 0.0259. The Kier molecular flexibility index (Phi) is 5.13. The molecular weight excluding hydrogens is 308 g/mol. The molecule has 0 saturated carbocycles. The number of ether oxygens (including phenoxy) is 2. The molecule has 4 heteroatoms. The summed E-state index contributed by atoms with van der Waals surface area (Å²) in [7, 11) is 1.63. The number of hydrogen-bond donors (Lipinski definition) is 0. The van der Waals surface area contributed by atoms with Gasteiger partial charge in [-0.05, 0) is 41.5 Å². The Labute approximate surface area is 122 Å². The van der Waals surface area contributed by atoms with Crippen LogP contribution in [0, 0.1) is 11.8 Å². The van der Waals surface area contributed by atoms with Crippen molar-refractivity contribution in [1.29, 1.82) is 0 Å². The second-order valence-electron chi connectivity index (χ2n) is 5.08. The van der Waals surface area contributed by atoms with Crippen LogP contribution in [0.15, 0.2) is 22.7 Å². The fourth-order valence-electron chi connectivity index (χ4n) is 2.80. The highest BCUT2D eigenvalue weighted by molar-refractivity contribution is 9.10. The molecule has 0 aliphatic heterocycles. The Balaban J connectivity index is 2.23. The van der Waals surface area contributed by atoms with E-state index in [2.05, 4.69) is 35.0 Å². The van der Waals surface area contributed by atoms with Gasteiger partial charge >= 0.3 is 0 Å². The van der Waals surface area contributed by atoms with Crippen molar-refractivity contribution in [2.75, 3.05) is 13.9 Å². The molecule has 1 aromatic rings. The van der Waals surface area contributed by atoms with Crippen LogP contribution in [0.25, 0.3) is 0 Å². The molecular formula is C15H19BrO3. The third kappa shape index (κ3) is 3.25. The van der Waals surface area contributed by atoms with E-state index in [0.29, 0.717) is 18.3 Å². The lowest BCUT2D eigenvalue weighted by atomic mass is 9.87. The standard InChI is InChI=1S/C15H19BrO3/c1-10(5-6-17)14-8-11-7-12(16)3-4-13(11)15(14)19-9-18-2/h3-4,6-7,10,14-15H,5,8-9H2,1-2H3. The van der Waals surface area contributed by atoms with Gasteiger partial charge in [-0.3, -0.25) is 0 Å². The van der Waals surface area contributed by atoms with Crippen molar-refractivity contribution in [3.63, 3.8) is 0 Å². The highest BCUT2D eigenvalue weighted by Gasteiger charge is 2.36. The number of carbonyl (C=O) groups excluding carboxylic acids is 1. The summed E-state index contributed by atoms with van der Waals surface area (Å²) in [5, 5.41) is 0. The van der Waals surface area contributed by atoms with Crippen molar-refractivity contribution in [3.05, 3.63) is 33.8 Å². The number of benzene rings is 1. The maximum Gasteiger partial charge on any atom is 0.147 e. The van der Waals surface area contributed by atoms with Crippen LogP contribution in [0.5, 0.6) is 0 Å². The van der Waals surface area contributed by atoms with Crippen LogP contribution in [0.2, 0.25) is 0 Å².